The normalized spacial score (nSPS) is 22.6. The van der Waals surface area contributed by atoms with Crippen LogP contribution in [0.5, 0.6) is 0 Å². The summed E-state index contributed by atoms with van der Waals surface area (Å²) in [5.74, 6) is 0. The molecule has 1 aliphatic heterocycles. The fraction of sp³-hybridized carbons (Fsp3) is 0.571. The fourth-order valence-electron chi connectivity index (χ4n) is 3.32. The molecule has 0 bridgehead atoms. The first-order valence-corrected chi connectivity index (χ1v) is 6.72. The standard InChI is InChI=1S/C14H18ClN/c15-11-5-6-13-12(9-11)14(10-16-13)7-3-1-2-4-8-14/h5-6,9,16H,1-4,7-8,10H2. The molecule has 1 aliphatic carbocycles. The third kappa shape index (κ3) is 1.62. The SMILES string of the molecule is Clc1ccc2c(c1)C1(CCCCCC1)CN2. The highest BCUT2D eigenvalue weighted by atomic mass is 35.5. The average molecular weight is 236 g/mol. The van der Waals surface area contributed by atoms with Gasteiger partial charge in [0.1, 0.15) is 0 Å². The molecular weight excluding hydrogens is 218 g/mol. The number of rotatable bonds is 0. The van der Waals surface area contributed by atoms with Crippen molar-refractivity contribution in [1.82, 2.24) is 0 Å². The predicted octanol–water partition coefficient (Wildman–Crippen LogP) is 4.36. The zero-order valence-electron chi connectivity index (χ0n) is 9.56. The van der Waals surface area contributed by atoms with Crippen molar-refractivity contribution in [2.24, 2.45) is 0 Å². The third-order valence-corrected chi connectivity index (χ3v) is 4.47. The van der Waals surface area contributed by atoms with Gasteiger partial charge in [-0.25, -0.2) is 0 Å². The van der Waals surface area contributed by atoms with Gasteiger partial charge in [-0.1, -0.05) is 37.3 Å². The van der Waals surface area contributed by atoms with Gasteiger partial charge in [-0.15, -0.1) is 0 Å². The molecule has 2 heteroatoms. The van der Waals surface area contributed by atoms with Crippen molar-refractivity contribution in [2.45, 2.75) is 43.9 Å². The molecule has 1 aromatic carbocycles. The summed E-state index contributed by atoms with van der Waals surface area (Å²) in [7, 11) is 0. The number of anilines is 1. The highest BCUT2D eigenvalue weighted by Crippen LogP contribution is 2.46. The van der Waals surface area contributed by atoms with Crippen molar-refractivity contribution in [2.75, 3.05) is 11.9 Å². The molecule has 0 aromatic heterocycles. The van der Waals surface area contributed by atoms with E-state index in [9.17, 15) is 0 Å². The largest absolute Gasteiger partial charge is 0.384 e. The van der Waals surface area contributed by atoms with Crippen LogP contribution in [0.3, 0.4) is 0 Å². The molecule has 0 amide bonds. The van der Waals surface area contributed by atoms with E-state index >= 15 is 0 Å². The van der Waals surface area contributed by atoms with Crippen molar-refractivity contribution in [3.8, 4) is 0 Å². The second-order valence-corrected chi connectivity index (χ2v) is 5.67. The van der Waals surface area contributed by atoms with Crippen molar-refractivity contribution in [3.05, 3.63) is 28.8 Å². The van der Waals surface area contributed by atoms with Crippen molar-refractivity contribution in [3.63, 3.8) is 0 Å². The van der Waals surface area contributed by atoms with Crippen molar-refractivity contribution < 1.29 is 0 Å². The van der Waals surface area contributed by atoms with E-state index in [4.69, 9.17) is 11.6 Å². The number of benzene rings is 1. The minimum Gasteiger partial charge on any atom is -0.384 e. The summed E-state index contributed by atoms with van der Waals surface area (Å²) in [5, 5.41) is 4.44. The van der Waals surface area contributed by atoms with Gasteiger partial charge in [-0.3, -0.25) is 0 Å². The maximum atomic E-state index is 6.14. The zero-order valence-corrected chi connectivity index (χ0v) is 10.3. The molecule has 0 radical (unpaired) electrons. The Balaban J connectivity index is 2.02. The summed E-state index contributed by atoms with van der Waals surface area (Å²) in [6.07, 6.45) is 8.19. The summed E-state index contributed by atoms with van der Waals surface area (Å²) in [6, 6.07) is 6.31. The van der Waals surface area contributed by atoms with Crippen LogP contribution in [-0.4, -0.2) is 6.54 Å². The third-order valence-electron chi connectivity index (χ3n) is 4.23. The van der Waals surface area contributed by atoms with Crippen LogP contribution in [0.1, 0.15) is 44.1 Å². The lowest BCUT2D eigenvalue weighted by Crippen LogP contribution is -2.27. The lowest BCUT2D eigenvalue weighted by Gasteiger charge is -2.27. The van der Waals surface area contributed by atoms with Gasteiger partial charge in [0.2, 0.25) is 0 Å². The van der Waals surface area contributed by atoms with Crippen LogP contribution in [0.4, 0.5) is 5.69 Å². The van der Waals surface area contributed by atoms with Crippen LogP contribution in [0, 0.1) is 0 Å². The Morgan fingerprint density at radius 3 is 2.56 bits per heavy atom. The Morgan fingerprint density at radius 2 is 1.81 bits per heavy atom. The van der Waals surface area contributed by atoms with E-state index in [0.29, 0.717) is 5.41 Å². The molecule has 0 saturated heterocycles. The molecule has 1 fully saturated rings. The molecule has 0 unspecified atom stereocenters. The van der Waals surface area contributed by atoms with Gasteiger partial charge in [-0.05, 0) is 36.6 Å². The summed E-state index contributed by atoms with van der Waals surface area (Å²) in [4.78, 5) is 0. The lowest BCUT2D eigenvalue weighted by molar-refractivity contribution is 0.408. The summed E-state index contributed by atoms with van der Waals surface area (Å²) in [5.41, 5.74) is 3.17. The molecule has 1 nitrogen and oxygen atoms in total. The number of fused-ring (bicyclic) bond motifs is 2. The van der Waals surface area contributed by atoms with Gasteiger partial charge in [0.15, 0.2) is 0 Å². The molecule has 86 valence electrons. The maximum absolute atomic E-state index is 6.14. The van der Waals surface area contributed by atoms with E-state index < -0.39 is 0 Å². The van der Waals surface area contributed by atoms with Gasteiger partial charge in [0.05, 0.1) is 0 Å². The highest BCUT2D eigenvalue weighted by Gasteiger charge is 2.38. The van der Waals surface area contributed by atoms with Crippen molar-refractivity contribution >= 4 is 17.3 Å². The van der Waals surface area contributed by atoms with Crippen LogP contribution in [-0.2, 0) is 5.41 Å². The number of halogens is 1. The first-order valence-electron chi connectivity index (χ1n) is 6.34. The Labute approximate surface area is 102 Å². The Bertz CT molecular complexity index is 392. The molecule has 0 atom stereocenters. The highest BCUT2D eigenvalue weighted by molar-refractivity contribution is 6.30. The lowest BCUT2D eigenvalue weighted by atomic mass is 9.76. The van der Waals surface area contributed by atoms with E-state index in [2.05, 4.69) is 17.4 Å². The fourth-order valence-corrected chi connectivity index (χ4v) is 3.49. The summed E-state index contributed by atoms with van der Waals surface area (Å²) >= 11 is 6.14. The van der Waals surface area contributed by atoms with E-state index in [1.165, 1.54) is 49.8 Å². The smallest absolute Gasteiger partial charge is 0.0410 e. The van der Waals surface area contributed by atoms with Gasteiger partial charge in [0, 0.05) is 22.7 Å². The van der Waals surface area contributed by atoms with E-state index in [1.807, 2.05) is 6.07 Å². The second-order valence-electron chi connectivity index (χ2n) is 5.24. The molecule has 1 aromatic rings. The zero-order chi connectivity index (χ0) is 11.0. The molecular formula is C14H18ClN. The monoisotopic (exact) mass is 235 g/mol. The van der Waals surface area contributed by atoms with Crippen LogP contribution in [0.2, 0.25) is 5.02 Å². The van der Waals surface area contributed by atoms with Crippen LogP contribution in [0.25, 0.3) is 0 Å². The average Bonchev–Trinajstić information content (AvgIpc) is 2.49. The molecule has 2 aliphatic rings. The molecule has 1 saturated carbocycles. The first-order chi connectivity index (χ1) is 7.80. The number of hydrogen-bond acceptors (Lipinski definition) is 1. The van der Waals surface area contributed by atoms with E-state index in [0.717, 1.165) is 11.6 Å². The Morgan fingerprint density at radius 1 is 1.06 bits per heavy atom. The molecule has 16 heavy (non-hydrogen) atoms. The van der Waals surface area contributed by atoms with Crippen LogP contribution in [0.15, 0.2) is 18.2 Å². The second kappa shape index (κ2) is 3.96. The quantitative estimate of drug-likeness (QED) is 0.705. The molecule has 1 N–H and O–H groups in total. The molecule has 1 heterocycles. The number of hydrogen-bond donors (Lipinski definition) is 1. The molecule has 3 rings (SSSR count). The topological polar surface area (TPSA) is 12.0 Å². The minimum atomic E-state index is 0.386. The molecule has 1 spiro atoms. The van der Waals surface area contributed by atoms with Crippen LogP contribution < -0.4 is 5.32 Å². The van der Waals surface area contributed by atoms with Gasteiger partial charge in [-0.2, -0.15) is 0 Å². The summed E-state index contributed by atoms with van der Waals surface area (Å²) in [6.45, 7) is 1.11. The van der Waals surface area contributed by atoms with Gasteiger partial charge in [0.25, 0.3) is 0 Å². The van der Waals surface area contributed by atoms with E-state index in [1.54, 1.807) is 0 Å². The summed E-state index contributed by atoms with van der Waals surface area (Å²) < 4.78 is 0. The van der Waals surface area contributed by atoms with E-state index in [-0.39, 0.29) is 0 Å². The Kier molecular flexibility index (Phi) is 2.59. The van der Waals surface area contributed by atoms with Crippen molar-refractivity contribution in [1.29, 1.82) is 0 Å². The number of nitrogens with one attached hydrogen (secondary N) is 1. The van der Waals surface area contributed by atoms with Crippen LogP contribution >= 0.6 is 11.6 Å². The predicted molar refractivity (Wildman–Crippen MR) is 69.3 cm³/mol. The first kappa shape index (κ1) is 10.5. The maximum Gasteiger partial charge on any atom is 0.0410 e. The van der Waals surface area contributed by atoms with Gasteiger partial charge >= 0.3 is 0 Å². The minimum absolute atomic E-state index is 0.386. The van der Waals surface area contributed by atoms with Gasteiger partial charge < -0.3 is 5.32 Å². The Hall–Kier alpha value is -0.690.